The third-order valence-corrected chi connectivity index (χ3v) is 5.69. The SMILES string of the molecule is O=C(Nc1ccc(S(=O)(=O)Nc2ncccn2)cc1)c1ccccc1SC(F)F. The van der Waals surface area contributed by atoms with E-state index >= 15 is 0 Å². The number of alkyl halides is 2. The molecule has 0 aliphatic rings. The van der Waals surface area contributed by atoms with Gasteiger partial charge in [0.25, 0.3) is 21.7 Å². The topological polar surface area (TPSA) is 101 Å². The highest BCUT2D eigenvalue weighted by Crippen LogP contribution is 2.29. The second-order valence-electron chi connectivity index (χ2n) is 5.53. The largest absolute Gasteiger partial charge is 0.322 e. The first kappa shape index (κ1) is 20.7. The molecule has 11 heteroatoms. The molecular weight excluding hydrogens is 422 g/mol. The van der Waals surface area contributed by atoms with Crippen LogP contribution in [0, 0.1) is 0 Å². The number of rotatable bonds is 7. The second kappa shape index (κ2) is 8.97. The first-order valence-corrected chi connectivity index (χ1v) is 10.5. The van der Waals surface area contributed by atoms with Gasteiger partial charge in [-0.25, -0.2) is 23.1 Å². The van der Waals surface area contributed by atoms with Crippen LogP contribution in [0.3, 0.4) is 0 Å². The summed E-state index contributed by atoms with van der Waals surface area (Å²) in [4.78, 5) is 20.1. The number of carbonyl (C=O) groups is 1. The maximum atomic E-state index is 12.7. The molecule has 0 unspecified atom stereocenters. The van der Waals surface area contributed by atoms with Gasteiger partial charge in [-0.15, -0.1) is 0 Å². The Balaban J connectivity index is 1.73. The van der Waals surface area contributed by atoms with Gasteiger partial charge in [0.15, 0.2) is 0 Å². The number of halogens is 2. The predicted molar refractivity (Wildman–Crippen MR) is 106 cm³/mol. The average Bonchev–Trinajstić information content (AvgIpc) is 2.69. The highest BCUT2D eigenvalue weighted by atomic mass is 32.2. The summed E-state index contributed by atoms with van der Waals surface area (Å²) in [6, 6.07) is 12.9. The average molecular weight is 436 g/mol. The van der Waals surface area contributed by atoms with Crippen LogP contribution >= 0.6 is 11.8 Å². The predicted octanol–water partition coefficient (Wildman–Crippen LogP) is 3.84. The molecule has 0 atom stereocenters. The Bertz CT molecular complexity index is 1100. The third kappa shape index (κ3) is 5.48. The number of nitrogens with zero attached hydrogens (tertiary/aromatic N) is 2. The molecular formula is C18H14F2N4O3S2. The summed E-state index contributed by atoms with van der Waals surface area (Å²) in [6.45, 7) is 0. The smallest absolute Gasteiger partial charge is 0.288 e. The highest BCUT2D eigenvalue weighted by Gasteiger charge is 2.17. The fourth-order valence-corrected chi connectivity index (χ4v) is 3.89. The minimum Gasteiger partial charge on any atom is -0.322 e. The molecule has 7 nitrogen and oxygen atoms in total. The van der Waals surface area contributed by atoms with Gasteiger partial charge in [-0.3, -0.25) is 4.79 Å². The van der Waals surface area contributed by atoms with Gasteiger partial charge < -0.3 is 5.32 Å². The zero-order chi connectivity index (χ0) is 20.9. The lowest BCUT2D eigenvalue weighted by Gasteiger charge is -2.10. The number of nitrogens with one attached hydrogen (secondary N) is 2. The molecule has 2 N–H and O–H groups in total. The summed E-state index contributed by atoms with van der Waals surface area (Å²) in [5, 5.41) is 2.56. The molecule has 3 rings (SSSR count). The molecule has 1 aromatic heterocycles. The molecule has 29 heavy (non-hydrogen) atoms. The zero-order valence-electron chi connectivity index (χ0n) is 14.6. The third-order valence-electron chi connectivity index (χ3n) is 3.56. The Labute approximate surface area is 169 Å². The minimum absolute atomic E-state index is 0.0587. The van der Waals surface area contributed by atoms with E-state index in [1.807, 2.05) is 0 Å². The summed E-state index contributed by atoms with van der Waals surface area (Å²) in [5.41, 5.74) is 0.402. The first-order chi connectivity index (χ1) is 13.8. The molecule has 1 heterocycles. The maximum Gasteiger partial charge on any atom is 0.288 e. The minimum atomic E-state index is -3.91. The van der Waals surface area contributed by atoms with E-state index in [0.29, 0.717) is 5.69 Å². The summed E-state index contributed by atoms with van der Waals surface area (Å²) >= 11 is 0.277. The Hall–Kier alpha value is -3.05. The van der Waals surface area contributed by atoms with E-state index < -0.39 is 21.7 Å². The number of carbonyl (C=O) groups excluding carboxylic acids is 1. The Morgan fingerprint density at radius 3 is 2.28 bits per heavy atom. The van der Waals surface area contributed by atoms with Gasteiger partial charge >= 0.3 is 0 Å². The van der Waals surface area contributed by atoms with Crippen molar-refractivity contribution >= 4 is 39.3 Å². The molecule has 0 saturated carbocycles. The van der Waals surface area contributed by atoms with Gasteiger partial charge in [0.2, 0.25) is 5.95 Å². The summed E-state index contributed by atoms with van der Waals surface area (Å²) in [7, 11) is -3.91. The van der Waals surface area contributed by atoms with Crippen molar-refractivity contribution in [1.82, 2.24) is 9.97 Å². The van der Waals surface area contributed by atoms with E-state index in [1.165, 1.54) is 48.8 Å². The molecule has 150 valence electrons. The number of thioether (sulfide) groups is 1. The number of sulfonamides is 1. The molecule has 1 amide bonds. The Kier molecular flexibility index (Phi) is 6.39. The van der Waals surface area contributed by atoms with Gasteiger partial charge in [-0.2, -0.15) is 8.78 Å². The molecule has 0 fully saturated rings. The van der Waals surface area contributed by atoms with Gasteiger partial charge in [0.05, 0.1) is 10.5 Å². The Morgan fingerprint density at radius 2 is 1.62 bits per heavy atom. The molecule has 0 aliphatic carbocycles. The summed E-state index contributed by atoms with van der Waals surface area (Å²) < 4.78 is 52.3. The van der Waals surface area contributed by atoms with Crippen molar-refractivity contribution < 1.29 is 22.0 Å². The van der Waals surface area contributed by atoms with E-state index in [2.05, 4.69) is 20.0 Å². The van der Waals surface area contributed by atoms with Gasteiger partial charge in [-0.05, 0) is 42.5 Å². The van der Waals surface area contributed by atoms with Gasteiger partial charge in [0.1, 0.15) is 0 Å². The van der Waals surface area contributed by atoms with Crippen molar-refractivity contribution in [3.63, 3.8) is 0 Å². The first-order valence-electron chi connectivity index (χ1n) is 8.10. The van der Waals surface area contributed by atoms with Crippen molar-refractivity contribution in [1.29, 1.82) is 0 Å². The number of amides is 1. The highest BCUT2D eigenvalue weighted by molar-refractivity contribution is 7.99. The van der Waals surface area contributed by atoms with E-state index in [0.717, 1.165) is 0 Å². The lowest BCUT2D eigenvalue weighted by atomic mass is 10.2. The van der Waals surface area contributed by atoms with Crippen LogP contribution in [0.1, 0.15) is 10.4 Å². The van der Waals surface area contributed by atoms with Gasteiger partial charge in [0, 0.05) is 23.0 Å². The Morgan fingerprint density at radius 1 is 0.966 bits per heavy atom. The van der Waals surface area contributed by atoms with Crippen molar-refractivity contribution in [3.8, 4) is 0 Å². The molecule has 0 spiro atoms. The van der Waals surface area contributed by atoms with Crippen LogP contribution in [0.5, 0.6) is 0 Å². The quantitative estimate of drug-likeness (QED) is 0.546. The lowest BCUT2D eigenvalue weighted by Crippen LogP contribution is -2.15. The van der Waals surface area contributed by atoms with Crippen LogP contribution in [-0.4, -0.2) is 30.1 Å². The standard InChI is InChI=1S/C18H14F2N4O3S2/c19-17(20)28-15-5-2-1-4-14(15)16(25)23-12-6-8-13(9-7-12)29(26,27)24-18-21-10-3-11-22-18/h1-11,17H,(H,23,25)(H,21,22,24). The number of hydrogen-bond acceptors (Lipinski definition) is 6. The van der Waals surface area contributed by atoms with Crippen LogP contribution in [-0.2, 0) is 10.0 Å². The normalized spacial score (nSPS) is 11.3. The number of hydrogen-bond donors (Lipinski definition) is 2. The number of benzene rings is 2. The van der Waals surface area contributed by atoms with Crippen LogP contribution in [0.4, 0.5) is 20.4 Å². The van der Waals surface area contributed by atoms with Crippen molar-refractivity contribution in [2.75, 3.05) is 10.0 Å². The summed E-state index contributed by atoms with van der Waals surface area (Å²) in [6.07, 6.45) is 2.79. The number of anilines is 2. The lowest BCUT2D eigenvalue weighted by molar-refractivity contribution is 0.102. The van der Waals surface area contributed by atoms with Crippen LogP contribution < -0.4 is 10.0 Å². The van der Waals surface area contributed by atoms with E-state index in [9.17, 15) is 22.0 Å². The van der Waals surface area contributed by atoms with Gasteiger partial charge in [-0.1, -0.05) is 23.9 Å². The van der Waals surface area contributed by atoms with E-state index in [1.54, 1.807) is 18.2 Å². The monoisotopic (exact) mass is 436 g/mol. The van der Waals surface area contributed by atoms with Crippen molar-refractivity contribution in [2.45, 2.75) is 15.5 Å². The van der Waals surface area contributed by atoms with Crippen LogP contribution in [0.25, 0.3) is 0 Å². The molecule has 2 aromatic carbocycles. The summed E-state index contributed by atoms with van der Waals surface area (Å²) in [5.74, 6) is -3.31. The van der Waals surface area contributed by atoms with E-state index in [-0.39, 0.29) is 33.1 Å². The second-order valence-corrected chi connectivity index (χ2v) is 8.25. The van der Waals surface area contributed by atoms with Crippen molar-refractivity contribution in [3.05, 3.63) is 72.6 Å². The van der Waals surface area contributed by atoms with Crippen LogP contribution in [0.2, 0.25) is 0 Å². The fourth-order valence-electron chi connectivity index (χ4n) is 2.30. The molecule has 0 saturated heterocycles. The maximum absolute atomic E-state index is 12.7. The number of aromatic nitrogens is 2. The zero-order valence-corrected chi connectivity index (χ0v) is 16.3. The van der Waals surface area contributed by atoms with Crippen LogP contribution in [0.15, 0.2) is 76.8 Å². The molecule has 3 aromatic rings. The molecule has 0 radical (unpaired) electrons. The van der Waals surface area contributed by atoms with Crippen molar-refractivity contribution in [2.24, 2.45) is 0 Å². The molecule has 0 bridgehead atoms. The fraction of sp³-hybridized carbons (Fsp3) is 0.0556. The molecule has 0 aliphatic heterocycles. The van der Waals surface area contributed by atoms with E-state index in [4.69, 9.17) is 0 Å².